The van der Waals surface area contributed by atoms with Gasteiger partial charge in [0.15, 0.2) is 0 Å². The van der Waals surface area contributed by atoms with Crippen molar-refractivity contribution in [3.63, 3.8) is 0 Å². The number of carbonyl (C=O) groups excluding carboxylic acids is 1. The summed E-state index contributed by atoms with van der Waals surface area (Å²) in [5.41, 5.74) is 0.688. The molecule has 1 heterocycles. The average molecular weight is 388 g/mol. The first-order chi connectivity index (χ1) is 9.08. The summed E-state index contributed by atoms with van der Waals surface area (Å²) in [7, 11) is 0. The highest BCUT2D eigenvalue weighted by Gasteiger charge is 2.11. The molecule has 0 spiro atoms. The number of nitrogens with zero attached hydrogens (tertiary/aromatic N) is 1. The fraction of sp³-hybridized carbons (Fsp3) is 0.0769. The molecule has 0 fully saturated rings. The average Bonchev–Trinajstić information content (AvgIpc) is 2.40. The number of pyridine rings is 1. The maximum Gasteiger partial charge on any atom is 0.271 e. The van der Waals surface area contributed by atoms with Crippen molar-refractivity contribution in [2.45, 2.75) is 6.54 Å². The number of carbonyl (C=O) groups is 1. The highest BCUT2D eigenvalue weighted by Crippen LogP contribution is 2.16. The lowest BCUT2D eigenvalue weighted by molar-refractivity contribution is 0.0945. The van der Waals surface area contributed by atoms with Crippen molar-refractivity contribution in [3.8, 4) is 0 Å². The highest BCUT2D eigenvalue weighted by molar-refractivity contribution is 9.10. The van der Waals surface area contributed by atoms with Gasteiger partial charge in [-0.15, -0.1) is 0 Å². The van der Waals surface area contributed by atoms with Gasteiger partial charge in [-0.3, -0.25) is 4.79 Å². The zero-order valence-electron chi connectivity index (χ0n) is 9.66. The molecule has 0 atom stereocenters. The smallest absolute Gasteiger partial charge is 0.271 e. The van der Waals surface area contributed by atoms with E-state index in [1.807, 2.05) is 0 Å². The second-order valence-electron chi connectivity index (χ2n) is 3.75. The largest absolute Gasteiger partial charge is 0.346 e. The Hall–Kier alpha value is -1.27. The zero-order chi connectivity index (χ0) is 13.8. The van der Waals surface area contributed by atoms with Crippen LogP contribution < -0.4 is 5.32 Å². The van der Waals surface area contributed by atoms with Crippen LogP contribution in [-0.4, -0.2) is 10.9 Å². The number of nitrogens with one attached hydrogen (secondary N) is 1. The number of halogens is 3. The molecule has 0 saturated heterocycles. The van der Waals surface area contributed by atoms with Crippen molar-refractivity contribution >= 4 is 37.8 Å². The van der Waals surface area contributed by atoms with E-state index >= 15 is 0 Å². The second kappa shape index (κ2) is 6.25. The van der Waals surface area contributed by atoms with Crippen LogP contribution in [0.1, 0.15) is 16.1 Å². The minimum absolute atomic E-state index is 0.104. The van der Waals surface area contributed by atoms with Crippen LogP contribution in [0.15, 0.2) is 45.5 Å². The van der Waals surface area contributed by atoms with Gasteiger partial charge in [0.1, 0.15) is 11.5 Å². The standard InChI is InChI=1S/C13H9Br2FN2O/c14-9-3-4-11(16)8(6-9)7-18-13(19)12-10(15)2-1-5-17-12/h1-6H,7H2,(H,18,19). The molecule has 19 heavy (non-hydrogen) atoms. The van der Waals surface area contributed by atoms with Gasteiger partial charge in [-0.2, -0.15) is 0 Å². The second-order valence-corrected chi connectivity index (χ2v) is 5.52. The van der Waals surface area contributed by atoms with Crippen LogP contribution in [0.2, 0.25) is 0 Å². The Bertz CT molecular complexity index is 619. The summed E-state index contributed by atoms with van der Waals surface area (Å²) in [5, 5.41) is 2.63. The highest BCUT2D eigenvalue weighted by atomic mass is 79.9. The minimum Gasteiger partial charge on any atom is -0.346 e. The first kappa shape index (κ1) is 14.1. The lowest BCUT2D eigenvalue weighted by Gasteiger charge is -2.07. The number of aromatic nitrogens is 1. The summed E-state index contributed by atoms with van der Waals surface area (Å²) in [5.74, 6) is -0.713. The van der Waals surface area contributed by atoms with Gasteiger partial charge < -0.3 is 5.32 Å². The normalized spacial score (nSPS) is 10.3. The molecule has 0 aliphatic rings. The number of hydrogen-bond donors (Lipinski definition) is 1. The van der Waals surface area contributed by atoms with Gasteiger partial charge in [0.05, 0.1) is 0 Å². The fourth-order valence-corrected chi connectivity index (χ4v) is 2.33. The van der Waals surface area contributed by atoms with Crippen LogP contribution in [0.4, 0.5) is 4.39 Å². The van der Waals surface area contributed by atoms with Gasteiger partial charge in [0.2, 0.25) is 0 Å². The molecule has 2 aromatic rings. The Balaban J connectivity index is 2.09. The quantitative estimate of drug-likeness (QED) is 0.872. The van der Waals surface area contributed by atoms with E-state index in [1.54, 1.807) is 24.3 Å². The predicted octanol–water partition coefficient (Wildman–Crippen LogP) is 3.68. The minimum atomic E-state index is -0.358. The number of rotatable bonds is 3. The van der Waals surface area contributed by atoms with E-state index in [0.29, 0.717) is 10.0 Å². The number of amides is 1. The Morgan fingerprint density at radius 1 is 1.32 bits per heavy atom. The molecule has 1 aromatic carbocycles. The summed E-state index contributed by atoms with van der Waals surface area (Å²) in [6.45, 7) is 0.104. The van der Waals surface area contributed by atoms with Gasteiger partial charge in [-0.25, -0.2) is 9.37 Å². The SMILES string of the molecule is O=C(NCc1cc(Br)ccc1F)c1ncccc1Br. The Morgan fingerprint density at radius 3 is 2.84 bits per heavy atom. The van der Waals surface area contributed by atoms with Crippen LogP contribution in [0, 0.1) is 5.82 Å². The van der Waals surface area contributed by atoms with E-state index in [0.717, 1.165) is 4.47 Å². The first-order valence-electron chi connectivity index (χ1n) is 5.40. The number of hydrogen-bond acceptors (Lipinski definition) is 2. The first-order valence-corrected chi connectivity index (χ1v) is 6.99. The molecule has 1 amide bonds. The third kappa shape index (κ3) is 3.61. The van der Waals surface area contributed by atoms with Crippen LogP contribution in [0.5, 0.6) is 0 Å². The molecule has 0 aliphatic carbocycles. The van der Waals surface area contributed by atoms with Gasteiger partial charge in [0, 0.05) is 27.3 Å². The van der Waals surface area contributed by atoms with Crippen molar-refractivity contribution < 1.29 is 9.18 Å². The molecule has 98 valence electrons. The third-order valence-corrected chi connectivity index (χ3v) is 3.55. The molecule has 1 aromatic heterocycles. The zero-order valence-corrected chi connectivity index (χ0v) is 12.8. The Morgan fingerprint density at radius 2 is 2.11 bits per heavy atom. The monoisotopic (exact) mass is 386 g/mol. The van der Waals surface area contributed by atoms with Crippen LogP contribution >= 0.6 is 31.9 Å². The molecular weight excluding hydrogens is 379 g/mol. The molecule has 0 aliphatic heterocycles. The molecule has 0 unspecified atom stereocenters. The number of benzene rings is 1. The molecule has 1 N–H and O–H groups in total. The Kier molecular flexibility index (Phi) is 4.66. The van der Waals surface area contributed by atoms with Crippen LogP contribution in [0.3, 0.4) is 0 Å². The van der Waals surface area contributed by atoms with Crippen molar-refractivity contribution in [2.24, 2.45) is 0 Å². The van der Waals surface area contributed by atoms with E-state index in [2.05, 4.69) is 42.2 Å². The summed E-state index contributed by atoms with van der Waals surface area (Å²) >= 11 is 6.50. The van der Waals surface area contributed by atoms with E-state index in [1.165, 1.54) is 12.3 Å². The van der Waals surface area contributed by atoms with Gasteiger partial charge in [-0.05, 0) is 46.3 Å². The summed E-state index contributed by atoms with van der Waals surface area (Å²) in [6.07, 6.45) is 1.53. The van der Waals surface area contributed by atoms with E-state index in [9.17, 15) is 9.18 Å². The lowest BCUT2D eigenvalue weighted by Crippen LogP contribution is -2.24. The van der Waals surface area contributed by atoms with E-state index in [-0.39, 0.29) is 24.0 Å². The maximum atomic E-state index is 13.5. The molecule has 0 saturated carbocycles. The molecule has 2 rings (SSSR count). The molecular formula is C13H9Br2FN2O. The van der Waals surface area contributed by atoms with Crippen molar-refractivity contribution in [1.29, 1.82) is 0 Å². The third-order valence-electron chi connectivity index (χ3n) is 2.42. The van der Waals surface area contributed by atoms with Gasteiger partial charge >= 0.3 is 0 Å². The van der Waals surface area contributed by atoms with Gasteiger partial charge in [0.25, 0.3) is 5.91 Å². The molecule has 0 radical (unpaired) electrons. The fourth-order valence-electron chi connectivity index (χ4n) is 1.49. The summed E-state index contributed by atoms with van der Waals surface area (Å²) in [6, 6.07) is 8.03. The van der Waals surface area contributed by atoms with Crippen LogP contribution in [-0.2, 0) is 6.54 Å². The van der Waals surface area contributed by atoms with Crippen molar-refractivity contribution in [1.82, 2.24) is 10.3 Å². The Labute approximate surface area is 126 Å². The maximum absolute atomic E-state index is 13.5. The molecule has 3 nitrogen and oxygen atoms in total. The van der Waals surface area contributed by atoms with Crippen molar-refractivity contribution in [3.05, 3.63) is 62.5 Å². The lowest BCUT2D eigenvalue weighted by atomic mass is 10.2. The van der Waals surface area contributed by atoms with E-state index < -0.39 is 0 Å². The molecule has 6 heteroatoms. The van der Waals surface area contributed by atoms with Crippen molar-refractivity contribution in [2.75, 3.05) is 0 Å². The van der Waals surface area contributed by atoms with Crippen LogP contribution in [0.25, 0.3) is 0 Å². The van der Waals surface area contributed by atoms with E-state index in [4.69, 9.17) is 0 Å². The van der Waals surface area contributed by atoms with Gasteiger partial charge in [-0.1, -0.05) is 15.9 Å². The molecule has 0 bridgehead atoms. The summed E-state index contributed by atoms with van der Waals surface area (Å²) < 4.78 is 14.9. The predicted molar refractivity (Wildman–Crippen MR) is 77.2 cm³/mol. The topological polar surface area (TPSA) is 42.0 Å². The summed E-state index contributed by atoms with van der Waals surface area (Å²) in [4.78, 5) is 15.9.